The second-order valence-corrected chi connectivity index (χ2v) is 4.30. The molecule has 0 aliphatic heterocycles. The average molecular weight is 218 g/mol. The molecule has 0 amide bonds. The fraction of sp³-hybridized carbons (Fsp3) is 0.462. The van der Waals surface area contributed by atoms with Crippen LogP contribution in [0.2, 0.25) is 0 Å². The topological polar surface area (TPSA) is 35.8 Å². The van der Waals surface area contributed by atoms with Crippen LogP contribution >= 0.6 is 0 Å². The molecule has 0 atom stereocenters. The molecule has 1 aromatic carbocycles. The van der Waals surface area contributed by atoms with Gasteiger partial charge in [0.15, 0.2) is 0 Å². The summed E-state index contributed by atoms with van der Waals surface area (Å²) in [6.45, 7) is 0. The van der Waals surface area contributed by atoms with E-state index in [2.05, 4.69) is 11.4 Å². The molecule has 1 aromatic rings. The predicted octanol–water partition coefficient (Wildman–Crippen LogP) is 3.32. The third kappa shape index (κ3) is 2.52. The van der Waals surface area contributed by atoms with Gasteiger partial charge < -0.3 is 5.32 Å². The first-order valence-electron chi connectivity index (χ1n) is 5.70. The summed E-state index contributed by atoms with van der Waals surface area (Å²) >= 11 is 0. The minimum absolute atomic E-state index is 0.193. The number of para-hydroxylation sites is 1. The maximum atomic E-state index is 13.4. The van der Waals surface area contributed by atoms with Crippen molar-refractivity contribution in [1.29, 1.82) is 5.26 Å². The first kappa shape index (κ1) is 10.9. The van der Waals surface area contributed by atoms with E-state index in [1.54, 1.807) is 12.1 Å². The average Bonchev–Trinajstić information content (AvgIpc) is 2.33. The highest BCUT2D eigenvalue weighted by atomic mass is 19.1. The molecule has 0 aromatic heterocycles. The van der Waals surface area contributed by atoms with Gasteiger partial charge in [-0.05, 0) is 37.8 Å². The Morgan fingerprint density at radius 3 is 2.50 bits per heavy atom. The van der Waals surface area contributed by atoms with Gasteiger partial charge in [-0.15, -0.1) is 0 Å². The van der Waals surface area contributed by atoms with Gasteiger partial charge in [0.25, 0.3) is 0 Å². The Morgan fingerprint density at radius 1 is 1.19 bits per heavy atom. The Balaban J connectivity index is 1.93. The number of hydrogen-bond donors (Lipinski definition) is 1. The van der Waals surface area contributed by atoms with Crippen LogP contribution in [0.25, 0.3) is 0 Å². The molecule has 2 nitrogen and oxygen atoms in total. The summed E-state index contributed by atoms with van der Waals surface area (Å²) in [7, 11) is 0. The van der Waals surface area contributed by atoms with Crippen molar-refractivity contribution in [3.63, 3.8) is 0 Å². The normalized spacial score (nSPS) is 24.8. The van der Waals surface area contributed by atoms with Crippen LogP contribution in [0.3, 0.4) is 0 Å². The van der Waals surface area contributed by atoms with Crippen molar-refractivity contribution in [3.8, 4) is 6.07 Å². The van der Waals surface area contributed by atoms with Crippen LogP contribution < -0.4 is 5.32 Å². The number of nitrogens with zero attached hydrogens (tertiary/aromatic N) is 1. The van der Waals surface area contributed by atoms with E-state index in [9.17, 15) is 4.39 Å². The van der Waals surface area contributed by atoms with Gasteiger partial charge in [-0.1, -0.05) is 12.1 Å². The van der Waals surface area contributed by atoms with Gasteiger partial charge in [0.2, 0.25) is 0 Å². The van der Waals surface area contributed by atoms with E-state index >= 15 is 0 Å². The smallest absolute Gasteiger partial charge is 0.146 e. The predicted molar refractivity (Wildman–Crippen MR) is 61.4 cm³/mol. The zero-order chi connectivity index (χ0) is 11.4. The summed E-state index contributed by atoms with van der Waals surface area (Å²) < 4.78 is 13.4. The van der Waals surface area contributed by atoms with Crippen molar-refractivity contribution < 1.29 is 4.39 Å². The van der Waals surface area contributed by atoms with Crippen LogP contribution in [-0.4, -0.2) is 6.04 Å². The van der Waals surface area contributed by atoms with E-state index in [-0.39, 0.29) is 11.7 Å². The molecule has 0 unspecified atom stereocenters. The number of benzene rings is 1. The Morgan fingerprint density at radius 2 is 1.88 bits per heavy atom. The van der Waals surface area contributed by atoms with Gasteiger partial charge in [0.1, 0.15) is 5.82 Å². The molecule has 0 saturated heterocycles. The first-order valence-corrected chi connectivity index (χ1v) is 5.70. The molecule has 0 bridgehead atoms. The molecule has 3 heteroatoms. The second-order valence-electron chi connectivity index (χ2n) is 4.30. The standard InChI is InChI=1S/C13H15FN2/c14-12-3-1-2-4-13(12)16-11-7-5-10(9-15)6-8-11/h1-4,10-11,16H,5-8H2. The third-order valence-electron chi connectivity index (χ3n) is 3.14. The number of halogens is 1. The lowest BCUT2D eigenvalue weighted by Gasteiger charge is -2.26. The van der Waals surface area contributed by atoms with Crippen molar-refractivity contribution in [2.75, 3.05) is 5.32 Å². The lowest BCUT2D eigenvalue weighted by Crippen LogP contribution is -2.26. The second kappa shape index (κ2) is 4.98. The number of anilines is 1. The molecular formula is C13H15FN2. The van der Waals surface area contributed by atoms with Crippen LogP contribution in [-0.2, 0) is 0 Å². The van der Waals surface area contributed by atoms with Crippen LogP contribution in [0, 0.1) is 23.1 Å². The van der Waals surface area contributed by atoms with E-state index in [0.29, 0.717) is 11.7 Å². The van der Waals surface area contributed by atoms with Gasteiger partial charge in [-0.2, -0.15) is 5.26 Å². The number of hydrogen-bond acceptors (Lipinski definition) is 2. The van der Waals surface area contributed by atoms with E-state index in [0.717, 1.165) is 25.7 Å². The molecule has 0 heterocycles. The van der Waals surface area contributed by atoms with Gasteiger partial charge in [-0.25, -0.2) is 4.39 Å². The molecule has 1 saturated carbocycles. The van der Waals surface area contributed by atoms with Crippen molar-refractivity contribution in [1.82, 2.24) is 0 Å². The third-order valence-corrected chi connectivity index (χ3v) is 3.14. The zero-order valence-electron chi connectivity index (χ0n) is 9.12. The highest BCUT2D eigenvalue weighted by Crippen LogP contribution is 2.26. The van der Waals surface area contributed by atoms with E-state index in [1.165, 1.54) is 6.07 Å². The Kier molecular flexibility index (Phi) is 3.40. The molecule has 0 radical (unpaired) electrons. The molecule has 1 N–H and O–H groups in total. The molecule has 0 spiro atoms. The fourth-order valence-corrected chi connectivity index (χ4v) is 2.17. The summed E-state index contributed by atoms with van der Waals surface area (Å²) in [5, 5.41) is 12.0. The fourth-order valence-electron chi connectivity index (χ4n) is 2.17. The van der Waals surface area contributed by atoms with Crippen molar-refractivity contribution in [3.05, 3.63) is 30.1 Å². The van der Waals surface area contributed by atoms with Crippen LogP contribution in [0.15, 0.2) is 24.3 Å². The molecule has 2 rings (SSSR count). The maximum Gasteiger partial charge on any atom is 0.146 e. The van der Waals surface area contributed by atoms with E-state index < -0.39 is 0 Å². The molecule has 84 valence electrons. The van der Waals surface area contributed by atoms with E-state index in [4.69, 9.17) is 5.26 Å². The lowest BCUT2D eigenvalue weighted by molar-refractivity contribution is 0.396. The molecule has 1 fully saturated rings. The SMILES string of the molecule is N#CC1CCC(Nc2ccccc2F)CC1. The summed E-state index contributed by atoms with van der Waals surface area (Å²) in [6.07, 6.45) is 3.74. The number of nitrogens with one attached hydrogen (secondary N) is 1. The van der Waals surface area contributed by atoms with Crippen molar-refractivity contribution in [2.24, 2.45) is 5.92 Å². The number of nitriles is 1. The minimum Gasteiger partial charge on any atom is -0.380 e. The Bertz CT molecular complexity index is 389. The first-order chi connectivity index (χ1) is 7.79. The van der Waals surface area contributed by atoms with Crippen LogP contribution in [0.1, 0.15) is 25.7 Å². The summed E-state index contributed by atoms with van der Waals surface area (Å²) in [5.41, 5.74) is 0.572. The minimum atomic E-state index is -0.204. The van der Waals surface area contributed by atoms with Gasteiger partial charge in [0.05, 0.1) is 11.8 Å². The van der Waals surface area contributed by atoms with Gasteiger partial charge in [-0.3, -0.25) is 0 Å². The summed E-state index contributed by atoms with van der Waals surface area (Å²) in [6, 6.07) is 9.34. The monoisotopic (exact) mass is 218 g/mol. The summed E-state index contributed by atoms with van der Waals surface area (Å²) in [4.78, 5) is 0. The zero-order valence-corrected chi connectivity index (χ0v) is 9.12. The number of rotatable bonds is 2. The van der Waals surface area contributed by atoms with Crippen molar-refractivity contribution >= 4 is 5.69 Å². The molecule has 1 aliphatic rings. The van der Waals surface area contributed by atoms with Gasteiger partial charge in [0, 0.05) is 12.0 Å². The summed E-state index contributed by atoms with van der Waals surface area (Å²) in [5.74, 6) is -0.0106. The highest BCUT2D eigenvalue weighted by molar-refractivity contribution is 5.45. The Hall–Kier alpha value is -1.56. The molecular weight excluding hydrogens is 203 g/mol. The van der Waals surface area contributed by atoms with Crippen LogP contribution in [0.5, 0.6) is 0 Å². The molecule has 1 aliphatic carbocycles. The van der Waals surface area contributed by atoms with E-state index in [1.807, 2.05) is 6.07 Å². The van der Waals surface area contributed by atoms with Gasteiger partial charge >= 0.3 is 0 Å². The lowest BCUT2D eigenvalue weighted by atomic mass is 9.87. The maximum absolute atomic E-state index is 13.4. The quantitative estimate of drug-likeness (QED) is 0.826. The Labute approximate surface area is 95.1 Å². The van der Waals surface area contributed by atoms with Crippen molar-refractivity contribution in [2.45, 2.75) is 31.7 Å². The molecule has 16 heavy (non-hydrogen) atoms. The highest BCUT2D eigenvalue weighted by Gasteiger charge is 2.21. The van der Waals surface area contributed by atoms with Crippen LogP contribution in [0.4, 0.5) is 10.1 Å². The largest absolute Gasteiger partial charge is 0.380 e.